The topological polar surface area (TPSA) is 56.2 Å². The van der Waals surface area contributed by atoms with Crippen molar-refractivity contribution in [3.63, 3.8) is 0 Å². The van der Waals surface area contributed by atoms with Gasteiger partial charge >= 0.3 is 0 Å². The molecule has 0 radical (unpaired) electrons. The van der Waals surface area contributed by atoms with E-state index < -0.39 is 5.82 Å². The summed E-state index contributed by atoms with van der Waals surface area (Å²) in [5, 5.41) is 4.35. The van der Waals surface area contributed by atoms with E-state index in [9.17, 15) is 4.39 Å². The average molecular weight is 253 g/mol. The Morgan fingerprint density at radius 1 is 1.53 bits per heavy atom. The van der Waals surface area contributed by atoms with Gasteiger partial charge in [-0.3, -0.25) is 0 Å². The Labute approximate surface area is 103 Å². The van der Waals surface area contributed by atoms with E-state index in [4.69, 9.17) is 17.3 Å². The molecule has 0 saturated carbocycles. The molecular formula is C11H10ClFN4. The van der Waals surface area contributed by atoms with Crippen molar-refractivity contribution in [3.05, 3.63) is 46.5 Å². The van der Waals surface area contributed by atoms with Crippen LogP contribution in [0, 0.1) is 12.7 Å². The monoisotopic (exact) mass is 252 g/mol. The standard InChI is InChI=1S/C11H10ClFN4/c1-7-6-17(11(14)16-7)15-5-8-2-3-9(12)4-10(8)13/h2-6H,1H3,(H2,14,16). The first-order valence-electron chi connectivity index (χ1n) is 4.87. The summed E-state index contributed by atoms with van der Waals surface area (Å²) >= 11 is 5.64. The van der Waals surface area contributed by atoms with E-state index in [1.54, 1.807) is 25.3 Å². The van der Waals surface area contributed by atoms with Crippen molar-refractivity contribution in [1.82, 2.24) is 9.66 Å². The van der Waals surface area contributed by atoms with Crippen LogP contribution in [0.5, 0.6) is 0 Å². The van der Waals surface area contributed by atoms with Gasteiger partial charge in [0.2, 0.25) is 5.95 Å². The molecule has 1 aromatic carbocycles. The van der Waals surface area contributed by atoms with Crippen LogP contribution in [0.3, 0.4) is 0 Å². The lowest BCUT2D eigenvalue weighted by atomic mass is 10.2. The maximum Gasteiger partial charge on any atom is 0.221 e. The first-order valence-corrected chi connectivity index (χ1v) is 5.25. The van der Waals surface area contributed by atoms with Gasteiger partial charge in [-0.25, -0.2) is 14.1 Å². The molecule has 0 aliphatic rings. The highest BCUT2D eigenvalue weighted by Gasteiger charge is 2.01. The van der Waals surface area contributed by atoms with Crippen molar-refractivity contribution in [1.29, 1.82) is 0 Å². The number of nitrogens with zero attached hydrogens (tertiary/aromatic N) is 3. The van der Waals surface area contributed by atoms with Gasteiger partial charge in [-0.05, 0) is 25.1 Å². The molecule has 0 aliphatic carbocycles. The van der Waals surface area contributed by atoms with Gasteiger partial charge in [-0.15, -0.1) is 0 Å². The molecule has 2 rings (SSSR count). The fraction of sp³-hybridized carbons (Fsp3) is 0.0909. The Morgan fingerprint density at radius 3 is 2.88 bits per heavy atom. The van der Waals surface area contributed by atoms with Crippen molar-refractivity contribution in [2.24, 2.45) is 5.10 Å². The molecule has 0 aliphatic heterocycles. The van der Waals surface area contributed by atoms with Gasteiger partial charge in [0.15, 0.2) is 0 Å². The third-order valence-corrected chi connectivity index (χ3v) is 2.35. The molecule has 0 fully saturated rings. The molecular weight excluding hydrogens is 243 g/mol. The van der Waals surface area contributed by atoms with Crippen LogP contribution >= 0.6 is 11.6 Å². The third kappa shape index (κ3) is 2.62. The SMILES string of the molecule is Cc1cn(N=Cc2ccc(Cl)cc2F)c(N)n1. The molecule has 1 heterocycles. The summed E-state index contributed by atoms with van der Waals surface area (Å²) in [6.07, 6.45) is 3.02. The van der Waals surface area contributed by atoms with E-state index >= 15 is 0 Å². The number of imidazole rings is 1. The predicted octanol–water partition coefficient (Wildman–Crippen LogP) is 2.45. The van der Waals surface area contributed by atoms with Crippen LogP contribution in [0.4, 0.5) is 10.3 Å². The molecule has 1 aromatic heterocycles. The molecule has 88 valence electrons. The third-order valence-electron chi connectivity index (χ3n) is 2.12. The number of nitrogens with two attached hydrogens (primary N) is 1. The zero-order valence-electron chi connectivity index (χ0n) is 9.06. The van der Waals surface area contributed by atoms with Crippen LogP contribution in [0.1, 0.15) is 11.3 Å². The second kappa shape index (κ2) is 4.55. The van der Waals surface area contributed by atoms with Crippen LogP contribution in [-0.2, 0) is 0 Å². The van der Waals surface area contributed by atoms with Crippen LogP contribution < -0.4 is 5.73 Å². The lowest BCUT2D eigenvalue weighted by Gasteiger charge is -1.98. The van der Waals surface area contributed by atoms with Gasteiger partial charge < -0.3 is 5.73 Å². The summed E-state index contributed by atoms with van der Waals surface area (Å²) in [4.78, 5) is 3.97. The second-order valence-corrected chi connectivity index (χ2v) is 3.93. The summed E-state index contributed by atoms with van der Waals surface area (Å²) in [6, 6.07) is 4.36. The van der Waals surface area contributed by atoms with Gasteiger partial charge in [0, 0.05) is 10.6 Å². The fourth-order valence-corrected chi connectivity index (χ4v) is 1.49. The highest BCUT2D eigenvalue weighted by atomic mass is 35.5. The van der Waals surface area contributed by atoms with Crippen molar-refractivity contribution in [2.45, 2.75) is 6.92 Å². The van der Waals surface area contributed by atoms with Crippen LogP contribution in [0.15, 0.2) is 29.5 Å². The molecule has 6 heteroatoms. The summed E-state index contributed by atoms with van der Waals surface area (Å²) < 4.78 is 14.8. The first-order chi connectivity index (χ1) is 8.06. The number of rotatable bonds is 2. The van der Waals surface area contributed by atoms with Crippen molar-refractivity contribution < 1.29 is 4.39 Å². The number of nitrogen functional groups attached to an aromatic ring is 1. The van der Waals surface area contributed by atoms with Crippen molar-refractivity contribution >= 4 is 23.8 Å². The summed E-state index contributed by atoms with van der Waals surface area (Å²) in [5.41, 5.74) is 6.67. The van der Waals surface area contributed by atoms with Crippen molar-refractivity contribution in [2.75, 3.05) is 5.73 Å². The Hall–Kier alpha value is -1.88. The number of halogens is 2. The Balaban J connectivity index is 2.29. The predicted molar refractivity (Wildman–Crippen MR) is 65.8 cm³/mol. The Morgan fingerprint density at radius 2 is 2.29 bits per heavy atom. The van der Waals surface area contributed by atoms with E-state index in [-0.39, 0.29) is 5.95 Å². The molecule has 4 nitrogen and oxygen atoms in total. The smallest absolute Gasteiger partial charge is 0.221 e. The summed E-state index contributed by atoms with van der Waals surface area (Å²) in [6.45, 7) is 1.80. The maximum atomic E-state index is 13.4. The molecule has 2 aromatic rings. The highest BCUT2D eigenvalue weighted by molar-refractivity contribution is 6.30. The minimum Gasteiger partial charge on any atom is -0.368 e. The molecule has 17 heavy (non-hydrogen) atoms. The zero-order chi connectivity index (χ0) is 12.4. The van der Waals surface area contributed by atoms with Crippen LogP contribution in [-0.4, -0.2) is 15.9 Å². The number of anilines is 1. The zero-order valence-corrected chi connectivity index (χ0v) is 9.82. The van der Waals surface area contributed by atoms with Gasteiger partial charge in [0.05, 0.1) is 18.1 Å². The maximum absolute atomic E-state index is 13.4. The lowest BCUT2D eigenvalue weighted by Crippen LogP contribution is -1.97. The minimum atomic E-state index is -0.434. The number of aromatic nitrogens is 2. The minimum absolute atomic E-state index is 0.258. The number of aryl methyl sites for hydroxylation is 1. The number of hydrogen-bond donors (Lipinski definition) is 1. The fourth-order valence-electron chi connectivity index (χ4n) is 1.33. The van der Waals surface area contributed by atoms with E-state index in [1.165, 1.54) is 17.0 Å². The largest absolute Gasteiger partial charge is 0.368 e. The molecule has 2 N–H and O–H groups in total. The highest BCUT2D eigenvalue weighted by Crippen LogP contribution is 2.13. The van der Waals surface area contributed by atoms with Crippen LogP contribution in [0.2, 0.25) is 5.02 Å². The molecule has 0 atom stereocenters. The summed E-state index contributed by atoms with van der Waals surface area (Å²) in [5.74, 6) is -0.176. The van der Waals surface area contributed by atoms with Crippen LogP contribution in [0.25, 0.3) is 0 Å². The quantitative estimate of drug-likeness (QED) is 0.835. The second-order valence-electron chi connectivity index (χ2n) is 3.50. The number of hydrogen-bond acceptors (Lipinski definition) is 3. The Kier molecular flexibility index (Phi) is 3.10. The van der Waals surface area contributed by atoms with Crippen molar-refractivity contribution in [3.8, 4) is 0 Å². The summed E-state index contributed by atoms with van der Waals surface area (Å²) in [7, 11) is 0. The van der Waals surface area contributed by atoms with E-state index in [2.05, 4.69) is 10.1 Å². The molecule has 0 amide bonds. The van der Waals surface area contributed by atoms with Gasteiger partial charge in [-0.1, -0.05) is 11.6 Å². The van der Waals surface area contributed by atoms with Gasteiger partial charge in [0.25, 0.3) is 0 Å². The molecule has 0 bridgehead atoms. The van der Waals surface area contributed by atoms with Gasteiger partial charge in [0.1, 0.15) is 5.82 Å². The molecule has 0 unspecified atom stereocenters. The van der Waals surface area contributed by atoms with Gasteiger partial charge in [-0.2, -0.15) is 5.10 Å². The molecule has 0 saturated heterocycles. The average Bonchev–Trinajstić information content (AvgIpc) is 2.56. The lowest BCUT2D eigenvalue weighted by molar-refractivity contribution is 0.626. The number of benzene rings is 1. The molecule has 0 spiro atoms. The van der Waals surface area contributed by atoms with E-state index in [0.29, 0.717) is 10.6 Å². The Bertz CT molecular complexity index is 577. The van der Waals surface area contributed by atoms with E-state index in [0.717, 1.165) is 5.69 Å². The first kappa shape index (κ1) is 11.6. The normalized spacial score (nSPS) is 11.2. The van der Waals surface area contributed by atoms with E-state index in [1.807, 2.05) is 0 Å².